The van der Waals surface area contributed by atoms with Crippen molar-refractivity contribution in [2.45, 2.75) is 18.8 Å². The van der Waals surface area contributed by atoms with Crippen LogP contribution in [-0.4, -0.2) is 39.8 Å². The molecule has 29 heavy (non-hydrogen) atoms. The van der Waals surface area contributed by atoms with E-state index in [1.807, 2.05) is 41.4 Å². The molecule has 1 aromatic carbocycles. The van der Waals surface area contributed by atoms with Crippen molar-refractivity contribution in [2.24, 2.45) is 5.73 Å². The highest BCUT2D eigenvalue weighted by atomic mass is 16.2. The number of benzene rings is 1. The number of primary amides is 1. The monoisotopic (exact) mass is 386 g/mol. The maximum Gasteiger partial charge on any atom is 0.272 e. The molecule has 0 radical (unpaired) electrons. The zero-order valence-corrected chi connectivity index (χ0v) is 16.0. The van der Waals surface area contributed by atoms with E-state index in [0.717, 1.165) is 36.2 Å². The summed E-state index contributed by atoms with van der Waals surface area (Å²) in [5, 5.41) is 0. The van der Waals surface area contributed by atoms with Crippen LogP contribution >= 0.6 is 0 Å². The summed E-state index contributed by atoms with van der Waals surface area (Å²) in [7, 11) is 0. The van der Waals surface area contributed by atoms with E-state index in [2.05, 4.69) is 9.97 Å². The minimum Gasteiger partial charge on any atom is -0.366 e. The largest absolute Gasteiger partial charge is 0.366 e. The molecule has 1 atom stereocenters. The van der Waals surface area contributed by atoms with E-state index in [0.29, 0.717) is 17.8 Å². The molecule has 6 nitrogen and oxygen atoms in total. The van der Waals surface area contributed by atoms with E-state index in [4.69, 9.17) is 5.73 Å². The van der Waals surface area contributed by atoms with Gasteiger partial charge in [-0.25, -0.2) is 0 Å². The number of hydrogen-bond donors (Lipinski definition) is 1. The van der Waals surface area contributed by atoms with Gasteiger partial charge < -0.3 is 10.6 Å². The van der Waals surface area contributed by atoms with Gasteiger partial charge in [0, 0.05) is 48.2 Å². The van der Waals surface area contributed by atoms with Crippen molar-refractivity contribution in [3.63, 3.8) is 0 Å². The van der Waals surface area contributed by atoms with Crippen LogP contribution in [0.25, 0.3) is 11.1 Å². The van der Waals surface area contributed by atoms with Gasteiger partial charge in [0.05, 0.1) is 0 Å². The normalized spacial score (nSPS) is 16.4. The van der Waals surface area contributed by atoms with Crippen LogP contribution in [0.4, 0.5) is 0 Å². The molecule has 0 saturated carbocycles. The third-order valence-electron chi connectivity index (χ3n) is 5.28. The summed E-state index contributed by atoms with van der Waals surface area (Å²) in [5.41, 5.74) is 9.12. The van der Waals surface area contributed by atoms with Gasteiger partial charge in [0.25, 0.3) is 5.91 Å². The molecule has 1 fully saturated rings. The first kappa shape index (κ1) is 18.8. The second kappa shape index (κ2) is 8.22. The fourth-order valence-electron chi connectivity index (χ4n) is 3.72. The number of carbonyl (C=O) groups is 2. The summed E-state index contributed by atoms with van der Waals surface area (Å²) >= 11 is 0. The predicted octanol–water partition coefficient (Wildman–Crippen LogP) is 3.26. The van der Waals surface area contributed by atoms with E-state index in [1.165, 1.54) is 0 Å². The Kier molecular flexibility index (Phi) is 5.33. The Labute approximate surface area is 169 Å². The third-order valence-corrected chi connectivity index (χ3v) is 5.28. The average molecular weight is 386 g/mol. The molecule has 2 aromatic heterocycles. The molecule has 2 N–H and O–H groups in total. The number of amides is 2. The molecule has 1 unspecified atom stereocenters. The van der Waals surface area contributed by atoms with Crippen molar-refractivity contribution in [3.8, 4) is 11.1 Å². The van der Waals surface area contributed by atoms with Crippen molar-refractivity contribution in [1.82, 2.24) is 14.9 Å². The van der Waals surface area contributed by atoms with Gasteiger partial charge >= 0.3 is 0 Å². The lowest BCUT2D eigenvalue weighted by Gasteiger charge is -2.32. The number of aromatic nitrogens is 2. The van der Waals surface area contributed by atoms with Crippen LogP contribution in [0.5, 0.6) is 0 Å². The zero-order chi connectivity index (χ0) is 20.2. The topological polar surface area (TPSA) is 89.2 Å². The van der Waals surface area contributed by atoms with Crippen LogP contribution in [0, 0.1) is 0 Å². The highest BCUT2D eigenvalue weighted by Gasteiger charge is 2.26. The molecule has 1 saturated heterocycles. The molecule has 1 aliphatic heterocycles. The van der Waals surface area contributed by atoms with Crippen molar-refractivity contribution in [1.29, 1.82) is 0 Å². The Morgan fingerprint density at radius 1 is 1.00 bits per heavy atom. The van der Waals surface area contributed by atoms with Crippen LogP contribution in [0.3, 0.4) is 0 Å². The Balaban J connectivity index is 1.49. The van der Waals surface area contributed by atoms with Crippen LogP contribution < -0.4 is 5.73 Å². The molecular formula is C23H22N4O2. The Bertz CT molecular complexity index is 1020. The van der Waals surface area contributed by atoms with Gasteiger partial charge in [0.2, 0.25) is 5.91 Å². The molecule has 3 aromatic rings. The van der Waals surface area contributed by atoms with Gasteiger partial charge in [-0.15, -0.1) is 0 Å². The number of hydrogen-bond acceptors (Lipinski definition) is 4. The van der Waals surface area contributed by atoms with E-state index < -0.39 is 5.91 Å². The highest BCUT2D eigenvalue weighted by Crippen LogP contribution is 2.28. The lowest BCUT2D eigenvalue weighted by Crippen LogP contribution is -2.39. The molecular weight excluding hydrogens is 364 g/mol. The molecule has 0 aliphatic carbocycles. The first-order valence-corrected chi connectivity index (χ1v) is 9.68. The van der Waals surface area contributed by atoms with Gasteiger partial charge in [-0.1, -0.05) is 24.3 Å². The van der Waals surface area contributed by atoms with Crippen molar-refractivity contribution in [3.05, 3.63) is 83.9 Å². The molecule has 0 bridgehead atoms. The summed E-state index contributed by atoms with van der Waals surface area (Å²) in [6, 6.07) is 16.6. The lowest BCUT2D eigenvalue weighted by atomic mass is 9.93. The molecule has 4 rings (SSSR count). The highest BCUT2D eigenvalue weighted by molar-refractivity contribution is 5.94. The summed E-state index contributed by atoms with van der Waals surface area (Å²) in [6.45, 7) is 1.38. The summed E-state index contributed by atoms with van der Waals surface area (Å²) in [6.07, 6.45) is 5.39. The maximum absolute atomic E-state index is 12.7. The van der Waals surface area contributed by atoms with Gasteiger partial charge in [0.1, 0.15) is 5.69 Å². The maximum atomic E-state index is 12.7. The molecule has 3 heterocycles. The van der Waals surface area contributed by atoms with Gasteiger partial charge in [0.15, 0.2) is 0 Å². The smallest absolute Gasteiger partial charge is 0.272 e. The fraction of sp³-hybridized carbons (Fsp3) is 0.217. The number of pyridine rings is 2. The van der Waals surface area contributed by atoms with Gasteiger partial charge in [-0.3, -0.25) is 19.6 Å². The first-order chi connectivity index (χ1) is 14.1. The summed E-state index contributed by atoms with van der Waals surface area (Å²) in [5.74, 6) is -0.283. The Morgan fingerprint density at radius 2 is 1.90 bits per heavy atom. The SMILES string of the molecule is NC(=O)c1cccc(-c2ccc(C3CCCN(C(=O)c4ccccn4)C3)nc2)c1. The minimum absolute atomic E-state index is 0.0322. The number of carbonyl (C=O) groups excluding carboxylic acids is 2. The average Bonchev–Trinajstić information content (AvgIpc) is 2.79. The third kappa shape index (κ3) is 4.16. The fourth-order valence-corrected chi connectivity index (χ4v) is 3.72. The second-order valence-electron chi connectivity index (χ2n) is 7.22. The van der Waals surface area contributed by atoms with Crippen molar-refractivity contribution < 1.29 is 9.59 Å². The minimum atomic E-state index is -0.448. The summed E-state index contributed by atoms with van der Waals surface area (Å²) < 4.78 is 0. The van der Waals surface area contributed by atoms with Crippen LogP contribution in [0.15, 0.2) is 67.0 Å². The number of likely N-dealkylation sites (tertiary alicyclic amines) is 1. The van der Waals surface area contributed by atoms with E-state index in [1.54, 1.807) is 30.5 Å². The number of rotatable bonds is 4. The van der Waals surface area contributed by atoms with Crippen LogP contribution in [0.1, 0.15) is 45.3 Å². The van der Waals surface area contributed by atoms with Crippen molar-refractivity contribution >= 4 is 11.8 Å². The predicted molar refractivity (Wildman–Crippen MR) is 110 cm³/mol. The standard InChI is InChI=1S/C23H22N4O2/c24-22(28)17-6-3-5-16(13-17)18-9-10-20(26-14-18)19-7-4-12-27(15-19)23(29)21-8-1-2-11-25-21/h1-3,5-6,8-11,13-14,19H,4,7,12,15H2,(H2,24,28). The quantitative estimate of drug-likeness (QED) is 0.745. The lowest BCUT2D eigenvalue weighted by molar-refractivity contribution is 0.0699. The number of nitrogens with zero attached hydrogens (tertiary/aromatic N) is 3. The molecule has 6 heteroatoms. The van der Waals surface area contributed by atoms with E-state index >= 15 is 0 Å². The Morgan fingerprint density at radius 3 is 2.62 bits per heavy atom. The van der Waals surface area contributed by atoms with Crippen LogP contribution in [-0.2, 0) is 0 Å². The first-order valence-electron chi connectivity index (χ1n) is 9.68. The number of nitrogens with two attached hydrogens (primary N) is 1. The molecule has 2 amide bonds. The molecule has 0 spiro atoms. The number of piperidine rings is 1. The molecule has 1 aliphatic rings. The van der Waals surface area contributed by atoms with Gasteiger partial charge in [-0.2, -0.15) is 0 Å². The second-order valence-corrected chi connectivity index (χ2v) is 7.22. The van der Waals surface area contributed by atoms with Gasteiger partial charge in [-0.05, 0) is 48.7 Å². The van der Waals surface area contributed by atoms with E-state index in [9.17, 15) is 9.59 Å². The zero-order valence-electron chi connectivity index (χ0n) is 16.0. The molecule has 146 valence electrons. The van der Waals surface area contributed by atoms with Crippen LogP contribution in [0.2, 0.25) is 0 Å². The summed E-state index contributed by atoms with van der Waals surface area (Å²) in [4.78, 5) is 34.8. The van der Waals surface area contributed by atoms with Crippen molar-refractivity contribution in [2.75, 3.05) is 13.1 Å². The van der Waals surface area contributed by atoms with E-state index in [-0.39, 0.29) is 11.8 Å². The Hall–Kier alpha value is -3.54.